The number of nitrogens with zero attached hydrogens (tertiary/aromatic N) is 3. The minimum Gasteiger partial charge on any atom is -0.490 e. The lowest BCUT2D eigenvalue weighted by Crippen LogP contribution is -2.28. The molecule has 8 heteroatoms. The molecule has 1 aliphatic rings. The van der Waals surface area contributed by atoms with E-state index in [1.165, 1.54) is 0 Å². The lowest BCUT2D eigenvalue weighted by molar-refractivity contribution is -0.136. The third kappa shape index (κ3) is 7.07. The summed E-state index contributed by atoms with van der Waals surface area (Å²) in [5.41, 5.74) is 5.46. The Bertz CT molecular complexity index is 1150. The van der Waals surface area contributed by atoms with Gasteiger partial charge in [0.1, 0.15) is 18.1 Å². The zero-order valence-electron chi connectivity index (χ0n) is 19.7. The van der Waals surface area contributed by atoms with Gasteiger partial charge in [0.15, 0.2) is 6.61 Å². The van der Waals surface area contributed by atoms with Gasteiger partial charge in [-0.2, -0.15) is 0 Å². The van der Waals surface area contributed by atoms with Gasteiger partial charge in [-0.25, -0.2) is 0 Å². The van der Waals surface area contributed by atoms with Gasteiger partial charge in [-0.3, -0.25) is 14.7 Å². The molecule has 1 aliphatic heterocycles. The molecule has 2 heterocycles. The molecule has 0 saturated carbocycles. The quantitative estimate of drug-likeness (QED) is 0.240. The molecule has 2 aromatic carbocycles. The summed E-state index contributed by atoms with van der Waals surface area (Å²) >= 11 is 1.92. The van der Waals surface area contributed by atoms with Crippen LogP contribution in [0.25, 0.3) is 11.3 Å². The second-order valence-electron chi connectivity index (χ2n) is 8.21. The Hall–Kier alpha value is -3.36. The van der Waals surface area contributed by atoms with E-state index < -0.39 is 5.97 Å². The van der Waals surface area contributed by atoms with Gasteiger partial charge in [-0.1, -0.05) is 47.6 Å². The van der Waals surface area contributed by atoms with Gasteiger partial charge in [0, 0.05) is 42.0 Å². The molecule has 182 valence electrons. The number of pyridine rings is 1. The van der Waals surface area contributed by atoms with Crippen molar-refractivity contribution >= 4 is 23.4 Å². The van der Waals surface area contributed by atoms with Crippen LogP contribution in [0.2, 0.25) is 0 Å². The topological polar surface area (TPSA) is 84.2 Å². The van der Waals surface area contributed by atoms with Crippen molar-refractivity contribution in [2.24, 2.45) is 5.16 Å². The molecular formula is C27H29N3O4S. The molecule has 0 unspecified atom stereocenters. The Kier molecular flexibility index (Phi) is 8.75. The molecular weight excluding hydrogens is 462 g/mol. The number of carboxylic acid groups (broad SMARTS) is 1. The number of carboxylic acids is 1. The molecule has 0 bridgehead atoms. The Balaban J connectivity index is 1.39. The van der Waals surface area contributed by atoms with Crippen LogP contribution in [0.1, 0.15) is 16.7 Å². The van der Waals surface area contributed by atoms with Gasteiger partial charge in [0.05, 0.1) is 12.1 Å². The standard InChI is InChI=1S/C27H29N3O4S/c1-20-23(17-27(31)32)5-4-7-26(20)33-14-15-34-29-25(18-30-13-16-35-19-30)22-10-8-21(9-11-22)24-6-2-3-12-28-24/h2-12H,13-19H2,1H3,(H,31,32). The van der Waals surface area contributed by atoms with E-state index in [4.69, 9.17) is 14.7 Å². The van der Waals surface area contributed by atoms with Crippen molar-refractivity contribution in [3.8, 4) is 17.0 Å². The number of benzene rings is 2. The van der Waals surface area contributed by atoms with Crippen LogP contribution in [0, 0.1) is 6.92 Å². The van der Waals surface area contributed by atoms with Gasteiger partial charge in [0.25, 0.3) is 0 Å². The first-order valence-corrected chi connectivity index (χ1v) is 12.7. The number of hydrogen-bond donors (Lipinski definition) is 1. The first kappa shape index (κ1) is 24.8. The van der Waals surface area contributed by atoms with Crippen molar-refractivity contribution in [1.82, 2.24) is 9.88 Å². The second kappa shape index (κ2) is 12.4. The fourth-order valence-corrected chi connectivity index (χ4v) is 4.81. The fourth-order valence-electron chi connectivity index (χ4n) is 3.81. The van der Waals surface area contributed by atoms with E-state index in [9.17, 15) is 4.79 Å². The maximum absolute atomic E-state index is 11.0. The summed E-state index contributed by atoms with van der Waals surface area (Å²) in [6.07, 6.45) is 1.77. The van der Waals surface area contributed by atoms with E-state index in [0.29, 0.717) is 18.9 Å². The number of rotatable bonds is 11. The molecule has 0 radical (unpaired) electrons. The van der Waals surface area contributed by atoms with Crippen LogP contribution in [-0.2, 0) is 16.1 Å². The molecule has 35 heavy (non-hydrogen) atoms. The van der Waals surface area contributed by atoms with E-state index in [-0.39, 0.29) is 13.0 Å². The molecule has 1 saturated heterocycles. The third-order valence-electron chi connectivity index (χ3n) is 5.72. The highest BCUT2D eigenvalue weighted by Crippen LogP contribution is 2.22. The average Bonchev–Trinajstić information content (AvgIpc) is 3.39. The number of hydrogen-bond acceptors (Lipinski definition) is 7. The predicted octanol–water partition coefficient (Wildman–Crippen LogP) is 4.49. The van der Waals surface area contributed by atoms with Crippen molar-refractivity contribution in [2.45, 2.75) is 13.3 Å². The van der Waals surface area contributed by atoms with Crippen molar-refractivity contribution in [2.75, 3.05) is 37.9 Å². The predicted molar refractivity (Wildman–Crippen MR) is 139 cm³/mol. The third-order valence-corrected chi connectivity index (χ3v) is 6.74. The highest BCUT2D eigenvalue weighted by atomic mass is 32.2. The normalized spacial score (nSPS) is 14.1. The SMILES string of the molecule is Cc1c(CC(=O)O)cccc1OCCON=C(CN1CCSC1)c1ccc(-c2ccccn2)cc1. The van der Waals surface area contributed by atoms with Gasteiger partial charge in [-0.15, -0.1) is 11.8 Å². The summed E-state index contributed by atoms with van der Waals surface area (Å²) in [6, 6.07) is 19.6. The smallest absolute Gasteiger partial charge is 0.307 e. The molecule has 0 aliphatic carbocycles. The summed E-state index contributed by atoms with van der Waals surface area (Å²) in [5.74, 6) is 1.91. The Morgan fingerprint density at radius 3 is 2.69 bits per heavy atom. The fraction of sp³-hybridized carbons (Fsp3) is 0.296. The zero-order valence-corrected chi connectivity index (χ0v) is 20.5. The Morgan fingerprint density at radius 2 is 1.97 bits per heavy atom. The van der Waals surface area contributed by atoms with E-state index in [1.54, 1.807) is 18.3 Å². The zero-order chi connectivity index (χ0) is 24.5. The average molecular weight is 492 g/mol. The maximum atomic E-state index is 11.0. The summed E-state index contributed by atoms with van der Waals surface area (Å²) < 4.78 is 5.84. The van der Waals surface area contributed by atoms with Crippen molar-refractivity contribution < 1.29 is 19.5 Å². The minimum atomic E-state index is -0.861. The van der Waals surface area contributed by atoms with Crippen LogP contribution in [0.5, 0.6) is 5.75 Å². The van der Waals surface area contributed by atoms with Crippen molar-refractivity contribution in [3.63, 3.8) is 0 Å². The molecule has 1 fully saturated rings. The van der Waals surface area contributed by atoms with Gasteiger partial charge in [0.2, 0.25) is 0 Å². The Labute approximate surface area is 209 Å². The summed E-state index contributed by atoms with van der Waals surface area (Å²) in [6.45, 7) is 4.21. The number of ether oxygens (including phenoxy) is 1. The van der Waals surface area contributed by atoms with Gasteiger partial charge >= 0.3 is 5.97 Å². The van der Waals surface area contributed by atoms with Crippen LogP contribution >= 0.6 is 11.8 Å². The molecule has 7 nitrogen and oxygen atoms in total. The number of carbonyl (C=O) groups is 1. The first-order valence-electron chi connectivity index (χ1n) is 11.5. The van der Waals surface area contributed by atoms with E-state index in [1.807, 2.05) is 43.0 Å². The molecule has 1 N–H and O–H groups in total. The summed E-state index contributed by atoms with van der Waals surface area (Å²) in [5, 5.41) is 13.5. The largest absolute Gasteiger partial charge is 0.490 e. The number of oxime groups is 1. The number of aromatic nitrogens is 1. The highest BCUT2D eigenvalue weighted by Gasteiger charge is 2.16. The summed E-state index contributed by atoms with van der Waals surface area (Å²) in [4.78, 5) is 23.5. The van der Waals surface area contributed by atoms with Crippen LogP contribution < -0.4 is 4.74 Å². The Morgan fingerprint density at radius 1 is 1.11 bits per heavy atom. The van der Waals surface area contributed by atoms with E-state index >= 15 is 0 Å². The van der Waals surface area contributed by atoms with E-state index in [0.717, 1.165) is 51.8 Å². The monoisotopic (exact) mass is 491 g/mol. The lowest BCUT2D eigenvalue weighted by atomic mass is 10.1. The van der Waals surface area contributed by atoms with Gasteiger partial charge < -0.3 is 14.7 Å². The first-order chi connectivity index (χ1) is 17.1. The van der Waals surface area contributed by atoms with Crippen molar-refractivity contribution in [3.05, 3.63) is 83.6 Å². The molecule has 1 aromatic heterocycles. The van der Waals surface area contributed by atoms with Crippen LogP contribution in [-0.4, -0.2) is 64.6 Å². The van der Waals surface area contributed by atoms with Crippen LogP contribution in [0.3, 0.4) is 0 Å². The molecule has 3 aromatic rings. The molecule has 0 atom stereocenters. The number of aliphatic carboxylic acids is 1. The molecule has 4 rings (SSSR count). The maximum Gasteiger partial charge on any atom is 0.307 e. The van der Waals surface area contributed by atoms with Crippen LogP contribution in [0.4, 0.5) is 0 Å². The molecule has 0 amide bonds. The van der Waals surface area contributed by atoms with Crippen LogP contribution in [0.15, 0.2) is 72.0 Å². The van der Waals surface area contributed by atoms with Gasteiger partial charge in [-0.05, 0) is 36.2 Å². The minimum absolute atomic E-state index is 0.0267. The lowest BCUT2D eigenvalue weighted by Gasteiger charge is -2.16. The highest BCUT2D eigenvalue weighted by molar-refractivity contribution is 7.99. The van der Waals surface area contributed by atoms with Crippen molar-refractivity contribution in [1.29, 1.82) is 0 Å². The second-order valence-corrected chi connectivity index (χ2v) is 9.29. The summed E-state index contributed by atoms with van der Waals surface area (Å²) in [7, 11) is 0. The van der Waals surface area contributed by atoms with E-state index in [2.05, 4.69) is 39.3 Å². The molecule has 0 spiro atoms. The number of thioether (sulfide) groups is 1.